The Morgan fingerprint density at radius 2 is 0.907 bits per heavy atom. The Morgan fingerprint density at radius 3 is 1.72 bits per heavy atom. The van der Waals surface area contributed by atoms with Gasteiger partial charge in [0.2, 0.25) is 0 Å². The number of hydrogen-bond acceptors (Lipinski definition) is 4. The molecular weight excluding hydrogens is 543 g/mol. The standard InChI is InChI=1S/C39H25N3S/c1-3-12-26(13-4-1)28-16-11-17-29(24-28)31-18-7-8-20-33(31)39-41-37(27-14-5-2-6-15-27)40-38(42-39)30-22-23-36-34(25-30)32-19-9-10-21-35(32)43-36/h1-25H. The Balaban J connectivity index is 1.31. The predicted octanol–water partition coefficient (Wildman–Crippen LogP) is 10.6. The molecule has 43 heavy (non-hydrogen) atoms. The molecule has 2 aromatic heterocycles. The SMILES string of the molecule is c1ccc(-c2cccc(-c3ccccc3-c3nc(-c4ccccc4)nc(-c4ccc5sc6ccccc6c5c4)n3)c2)cc1. The first-order chi connectivity index (χ1) is 21.3. The van der Waals surface area contributed by atoms with Crippen molar-refractivity contribution in [1.29, 1.82) is 0 Å². The van der Waals surface area contributed by atoms with Crippen LogP contribution in [0.15, 0.2) is 152 Å². The average Bonchev–Trinajstić information content (AvgIpc) is 3.47. The second-order valence-electron chi connectivity index (χ2n) is 10.5. The van der Waals surface area contributed by atoms with Gasteiger partial charge in [-0.15, -0.1) is 11.3 Å². The molecule has 0 N–H and O–H groups in total. The Labute approximate surface area is 253 Å². The van der Waals surface area contributed by atoms with Gasteiger partial charge in [-0.25, -0.2) is 15.0 Å². The molecule has 8 aromatic rings. The van der Waals surface area contributed by atoms with E-state index in [-0.39, 0.29) is 0 Å². The van der Waals surface area contributed by atoms with Crippen LogP contribution in [0.2, 0.25) is 0 Å². The van der Waals surface area contributed by atoms with Crippen LogP contribution in [0.3, 0.4) is 0 Å². The minimum absolute atomic E-state index is 0.653. The molecule has 0 atom stereocenters. The topological polar surface area (TPSA) is 38.7 Å². The third-order valence-corrected chi connectivity index (χ3v) is 8.90. The normalized spacial score (nSPS) is 11.3. The molecule has 6 aromatic carbocycles. The van der Waals surface area contributed by atoms with Gasteiger partial charge in [0.1, 0.15) is 0 Å². The van der Waals surface area contributed by atoms with Gasteiger partial charge in [-0.3, -0.25) is 0 Å². The molecule has 0 aliphatic rings. The van der Waals surface area contributed by atoms with Crippen molar-refractivity contribution in [2.45, 2.75) is 0 Å². The fraction of sp³-hybridized carbons (Fsp3) is 0. The molecule has 0 saturated heterocycles. The summed E-state index contributed by atoms with van der Waals surface area (Å²) >= 11 is 1.81. The van der Waals surface area contributed by atoms with Gasteiger partial charge in [0.15, 0.2) is 17.5 Å². The van der Waals surface area contributed by atoms with Crippen LogP contribution >= 0.6 is 11.3 Å². The summed E-state index contributed by atoms with van der Waals surface area (Å²) in [7, 11) is 0. The Hall–Kier alpha value is -5.45. The molecule has 0 aliphatic heterocycles. The van der Waals surface area contributed by atoms with Crippen LogP contribution in [0.1, 0.15) is 0 Å². The van der Waals surface area contributed by atoms with Gasteiger partial charge in [-0.05, 0) is 52.6 Å². The number of hydrogen-bond donors (Lipinski definition) is 0. The highest BCUT2D eigenvalue weighted by Gasteiger charge is 2.17. The van der Waals surface area contributed by atoms with Crippen LogP contribution in [0.5, 0.6) is 0 Å². The number of fused-ring (bicyclic) bond motifs is 3. The van der Waals surface area contributed by atoms with E-state index in [4.69, 9.17) is 15.0 Å². The van der Waals surface area contributed by atoms with Crippen molar-refractivity contribution in [2.75, 3.05) is 0 Å². The summed E-state index contributed by atoms with van der Waals surface area (Å²) in [6.45, 7) is 0. The monoisotopic (exact) mass is 567 g/mol. The molecule has 0 unspecified atom stereocenters. The van der Waals surface area contributed by atoms with Gasteiger partial charge in [0, 0.05) is 36.9 Å². The molecule has 0 spiro atoms. The second-order valence-corrected chi connectivity index (χ2v) is 11.6. The molecule has 0 radical (unpaired) electrons. The van der Waals surface area contributed by atoms with E-state index in [2.05, 4.69) is 115 Å². The maximum Gasteiger partial charge on any atom is 0.164 e. The molecule has 0 amide bonds. The maximum atomic E-state index is 5.12. The summed E-state index contributed by atoms with van der Waals surface area (Å²) in [5, 5.41) is 2.48. The molecule has 0 fully saturated rings. The fourth-order valence-electron chi connectivity index (χ4n) is 5.63. The second kappa shape index (κ2) is 10.8. The molecule has 8 rings (SSSR count). The zero-order chi connectivity index (χ0) is 28.6. The van der Waals surface area contributed by atoms with Crippen molar-refractivity contribution in [3.63, 3.8) is 0 Å². The van der Waals surface area contributed by atoms with E-state index in [0.29, 0.717) is 17.5 Å². The van der Waals surface area contributed by atoms with Crippen molar-refractivity contribution in [2.24, 2.45) is 0 Å². The lowest BCUT2D eigenvalue weighted by atomic mass is 9.95. The first kappa shape index (κ1) is 25.3. The predicted molar refractivity (Wildman–Crippen MR) is 180 cm³/mol. The van der Waals surface area contributed by atoms with Gasteiger partial charge in [0.05, 0.1) is 0 Å². The van der Waals surface area contributed by atoms with E-state index in [1.807, 2.05) is 47.7 Å². The highest BCUT2D eigenvalue weighted by atomic mass is 32.1. The quantitative estimate of drug-likeness (QED) is 0.208. The van der Waals surface area contributed by atoms with Crippen LogP contribution < -0.4 is 0 Å². The lowest BCUT2D eigenvalue weighted by Gasteiger charge is -2.13. The first-order valence-corrected chi connectivity index (χ1v) is 15.1. The summed E-state index contributed by atoms with van der Waals surface area (Å²) in [4.78, 5) is 15.2. The minimum atomic E-state index is 0.653. The Kier molecular flexibility index (Phi) is 6.32. The molecule has 202 valence electrons. The molecular formula is C39H25N3S. The number of aromatic nitrogens is 3. The zero-order valence-corrected chi connectivity index (χ0v) is 24.0. The molecule has 2 heterocycles. The highest BCUT2D eigenvalue weighted by molar-refractivity contribution is 7.25. The number of rotatable bonds is 5. The third-order valence-electron chi connectivity index (χ3n) is 7.75. The fourth-order valence-corrected chi connectivity index (χ4v) is 6.72. The zero-order valence-electron chi connectivity index (χ0n) is 23.2. The van der Waals surface area contributed by atoms with Crippen molar-refractivity contribution >= 4 is 31.5 Å². The molecule has 0 saturated carbocycles. The number of thiophene rings is 1. The number of nitrogens with zero attached hydrogens (tertiary/aromatic N) is 3. The van der Waals surface area contributed by atoms with Crippen molar-refractivity contribution in [1.82, 2.24) is 15.0 Å². The number of benzene rings is 6. The largest absolute Gasteiger partial charge is 0.208 e. The van der Waals surface area contributed by atoms with E-state index < -0.39 is 0 Å². The summed E-state index contributed by atoms with van der Waals surface area (Å²) in [5.74, 6) is 1.97. The maximum absolute atomic E-state index is 5.12. The van der Waals surface area contributed by atoms with Crippen molar-refractivity contribution in [3.8, 4) is 56.4 Å². The van der Waals surface area contributed by atoms with Gasteiger partial charge in [-0.2, -0.15) is 0 Å². The van der Waals surface area contributed by atoms with Gasteiger partial charge < -0.3 is 0 Å². The molecule has 0 aliphatic carbocycles. The Morgan fingerprint density at radius 1 is 0.326 bits per heavy atom. The van der Waals surface area contributed by atoms with Crippen LogP contribution in [0, 0.1) is 0 Å². The van der Waals surface area contributed by atoms with E-state index in [9.17, 15) is 0 Å². The van der Waals surface area contributed by atoms with E-state index >= 15 is 0 Å². The van der Waals surface area contributed by atoms with Gasteiger partial charge in [-0.1, -0.05) is 121 Å². The smallest absolute Gasteiger partial charge is 0.164 e. The van der Waals surface area contributed by atoms with E-state index in [1.54, 1.807) is 0 Å². The third kappa shape index (κ3) is 4.78. The van der Waals surface area contributed by atoms with Crippen molar-refractivity contribution in [3.05, 3.63) is 152 Å². The van der Waals surface area contributed by atoms with Crippen molar-refractivity contribution < 1.29 is 0 Å². The van der Waals surface area contributed by atoms with Gasteiger partial charge >= 0.3 is 0 Å². The van der Waals surface area contributed by atoms with Crippen LogP contribution in [-0.2, 0) is 0 Å². The summed E-state index contributed by atoms with van der Waals surface area (Å²) in [6.07, 6.45) is 0. The Bertz CT molecular complexity index is 2240. The van der Waals surface area contributed by atoms with Crippen LogP contribution in [-0.4, -0.2) is 15.0 Å². The molecule has 4 heteroatoms. The van der Waals surface area contributed by atoms with E-state index in [0.717, 1.165) is 27.8 Å². The van der Waals surface area contributed by atoms with Crippen LogP contribution in [0.25, 0.3) is 76.6 Å². The molecule has 0 bridgehead atoms. The average molecular weight is 568 g/mol. The van der Waals surface area contributed by atoms with Gasteiger partial charge in [0.25, 0.3) is 0 Å². The summed E-state index contributed by atoms with van der Waals surface area (Å²) in [5.41, 5.74) is 7.45. The minimum Gasteiger partial charge on any atom is -0.208 e. The lowest BCUT2D eigenvalue weighted by molar-refractivity contribution is 1.07. The van der Waals surface area contributed by atoms with Crippen LogP contribution in [0.4, 0.5) is 0 Å². The lowest BCUT2D eigenvalue weighted by Crippen LogP contribution is -2.01. The first-order valence-electron chi connectivity index (χ1n) is 14.3. The summed E-state index contributed by atoms with van der Waals surface area (Å²) in [6, 6.07) is 52.7. The molecule has 3 nitrogen and oxygen atoms in total. The van der Waals surface area contributed by atoms with E-state index in [1.165, 1.54) is 31.3 Å². The summed E-state index contributed by atoms with van der Waals surface area (Å²) < 4.78 is 2.54. The highest BCUT2D eigenvalue weighted by Crippen LogP contribution is 2.37.